The largest absolute Gasteiger partial charge is 0.256 e. The molecular formula is C14H8N2. The number of benzene rings is 2. The number of hydrogen-bond acceptors (Lipinski definition) is 2. The van der Waals surface area contributed by atoms with E-state index < -0.39 is 0 Å². The van der Waals surface area contributed by atoms with Gasteiger partial charge in [-0.1, -0.05) is 24.3 Å². The van der Waals surface area contributed by atoms with E-state index in [1.165, 1.54) is 16.0 Å². The van der Waals surface area contributed by atoms with Crippen molar-refractivity contribution in [2.75, 3.05) is 0 Å². The zero-order valence-corrected chi connectivity index (χ0v) is 8.51. The van der Waals surface area contributed by atoms with Gasteiger partial charge < -0.3 is 0 Å². The number of nitrogens with zero attached hydrogens (tertiary/aromatic N) is 2. The van der Waals surface area contributed by atoms with Crippen LogP contribution < -0.4 is 10.7 Å². The van der Waals surface area contributed by atoms with Gasteiger partial charge in [0.1, 0.15) is 0 Å². The van der Waals surface area contributed by atoms with Gasteiger partial charge >= 0.3 is 0 Å². The van der Waals surface area contributed by atoms with Crippen molar-refractivity contribution in [2.45, 2.75) is 0 Å². The molecule has 2 heteroatoms. The number of hydrogen-bond donors (Lipinski definition) is 0. The molecule has 0 aliphatic carbocycles. The summed E-state index contributed by atoms with van der Waals surface area (Å²) < 4.78 is 0. The minimum atomic E-state index is 1.03. The number of fused-ring (bicyclic) bond motifs is 4. The third-order valence-corrected chi connectivity index (χ3v) is 3.06. The van der Waals surface area contributed by atoms with Gasteiger partial charge in [-0.05, 0) is 18.2 Å². The monoisotopic (exact) mass is 204 g/mol. The van der Waals surface area contributed by atoms with Gasteiger partial charge in [0.15, 0.2) is 0 Å². The van der Waals surface area contributed by atoms with E-state index in [1.807, 2.05) is 30.5 Å². The molecule has 0 saturated carbocycles. The predicted octanol–water partition coefficient (Wildman–Crippen LogP) is 1.84. The summed E-state index contributed by atoms with van der Waals surface area (Å²) in [5, 5.41) is 4.49. The summed E-state index contributed by atoms with van der Waals surface area (Å²) in [6.07, 6.45) is 3.89. The van der Waals surface area contributed by atoms with Crippen molar-refractivity contribution in [2.24, 2.45) is 9.98 Å². The van der Waals surface area contributed by atoms with Crippen molar-refractivity contribution in [1.29, 1.82) is 0 Å². The molecule has 2 aromatic carbocycles. The molecule has 2 aliphatic heterocycles. The van der Waals surface area contributed by atoms with E-state index in [9.17, 15) is 0 Å². The van der Waals surface area contributed by atoms with Gasteiger partial charge in [0, 0.05) is 22.2 Å². The van der Waals surface area contributed by atoms with E-state index in [2.05, 4.69) is 28.2 Å². The van der Waals surface area contributed by atoms with Crippen molar-refractivity contribution >= 4 is 11.8 Å². The Balaban J connectivity index is 2.43. The fourth-order valence-corrected chi connectivity index (χ4v) is 2.33. The van der Waals surface area contributed by atoms with Gasteiger partial charge in [-0.25, -0.2) is 4.99 Å². The highest BCUT2D eigenvalue weighted by Gasteiger charge is 2.08. The Bertz CT molecular complexity index is 845. The first-order chi connectivity index (χ1) is 7.93. The molecule has 0 aromatic heterocycles. The van der Waals surface area contributed by atoms with E-state index in [0.717, 1.165) is 16.4 Å². The van der Waals surface area contributed by atoms with E-state index in [4.69, 9.17) is 0 Å². The van der Waals surface area contributed by atoms with Crippen LogP contribution in [0.1, 0.15) is 5.56 Å². The molecule has 0 radical (unpaired) electrons. The Labute approximate surface area is 91.6 Å². The second-order valence-electron chi connectivity index (χ2n) is 3.97. The second-order valence-corrected chi connectivity index (χ2v) is 3.97. The van der Waals surface area contributed by atoms with Gasteiger partial charge in [0.25, 0.3) is 0 Å². The lowest BCUT2D eigenvalue weighted by Crippen LogP contribution is -2.06. The Morgan fingerprint density at radius 2 is 1.88 bits per heavy atom. The molecule has 0 bridgehead atoms. The highest BCUT2D eigenvalue weighted by molar-refractivity contribution is 5.57. The average molecular weight is 204 g/mol. The second kappa shape index (κ2) is 2.67. The molecule has 74 valence electrons. The minimum Gasteiger partial charge on any atom is -0.256 e. The standard InChI is InChI=1S/C14H8N2/c1-2-4-11-10(3-1)13-12(16-11)6-5-9-7-8-15-14(9)13/h1-8H. The van der Waals surface area contributed by atoms with Crippen molar-refractivity contribution in [3.63, 3.8) is 0 Å². The molecule has 0 unspecified atom stereocenters. The van der Waals surface area contributed by atoms with Crippen LogP contribution in [-0.4, -0.2) is 0 Å². The van der Waals surface area contributed by atoms with Crippen LogP contribution in [0.25, 0.3) is 6.08 Å². The molecule has 2 aromatic rings. The fourth-order valence-electron chi connectivity index (χ4n) is 2.33. The zero-order valence-electron chi connectivity index (χ0n) is 8.51. The summed E-state index contributed by atoms with van der Waals surface area (Å²) in [5.74, 6) is 0. The lowest BCUT2D eigenvalue weighted by molar-refractivity contribution is 1.32. The van der Waals surface area contributed by atoms with Gasteiger partial charge in [0.05, 0.1) is 16.4 Å². The zero-order chi connectivity index (χ0) is 10.5. The van der Waals surface area contributed by atoms with Crippen molar-refractivity contribution in [3.8, 4) is 0 Å². The Morgan fingerprint density at radius 3 is 2.88 bits per heavy atom. The summed E-state index contributed by atoms with van der Waals surface area (Å²) in [4.78, 5) is 9.03. The Kier molecular flexibility index (Phi) is 1.33. The first-order valence-corrected chi connectivity index (χ1v) is 5.29. The topological polar surface area (TPSA) is 24.7 Å². The van der Waals surface area contributed by atoms with Crippen LogP contribution in [0.5, 0.6) is 0 Å². The lowest BCUT2D eigenvalue weighted by atomic mass is 10.1. The summed E-state index contributed by atoms with van der Waals surface area (Å²) in [5.41, 5.74) is 2.22. The summed E-state index contributed by atoms with van der Waals surface area (Å²) >= 11 is 0. The van der Waals surface area contributed by atoms with Crippen LogP contribution in [0.3, 0.4) is 0 Å². The average Bonchev–Trinajstić information content (AvgIpc) is 2.91. The van der Waals surface area contributed by atoms with Crippen molar-refractivity contribution < 1.29 is 0 Å². The summed E-state index contributed by atoms with van der Waals surface area (Å²) in [6, 6.07) is 12.4. The van der Waals surface area contributed by atoms with Gasteiger partial charge in [-0.15, -0.1) is 0 Å². The lowest BCUT2D eigenvalue weighted by Gasteiger charge is -1.93. The molecule has 4 rings (SSSR count). The molecule has 2 aliphatic rings. The minimum absolute atomic E-state index is 1.03. The summed E-state index contributed by atoms with van der Waals surface area (Å²) in [6.45, 7) is 0. The molecule has 0 saturated heterocycles. The third kappa shape index (κ3) is 0.865. The normalized spacial score (nSPS) is 13.8. The van der Waals surface area contributed by atoms with Gasteiger partial charge in [0.2, 0.25) is 0 Å². The van der Waals surface area contributed by atoms with E-state index in [0.29, 0.717) is 0 Å². The highest BCUT2D eigenvalue weighted by Crippen LogP contribution is 2.17. The van der Waals surface area contributed by atoms with Crippen LogP contribution in [-0.2, 0) is 0 Å². The Hall–Kier alpha value is -2.22. The van der Waals surface area contributed by atoms with Crippen molar-refractivity contribution in [3.05, 3.63) is 69.3 Å². The van der Waals surface area contributed by atoms with Crippen LogP contribution >= 0.6 is 0 Å². The van der Waals surface area contributed by atoms with Gasteiger partial charge in [-0.3, -0.25) is 4.99 Å². The van der Waals surface area contributed by atoms with Crippen LogP contribution in [0.15, 0.2) is 52.6 Å². The van der Waals surface area contributed by atoms with E-state index in [-0.39, 0.29) is 0 Å². The highest BCUT2D eigenvalue weighted by atomic mass is 14.8. The van der Waals surface area contributed by atoms with E-state index >= 15 is 0 Å². The molecule has 2 nitrogen and oxygen atoms in total. The van der Waals surface area contributed by atoms with Crippen molar-refractivity contribution in [1.82, 2.24) is 0 Å². The smallest absolute Gasteiger partial charge is 0.0803 e. The SMILES string of the molecule is C1=Cc2ccc3c(c2=N1)=c1ccccc1=N3. The van der Waals surface area contributed by atoms with E-state index in [1.54, 1.807) is 0 Å². The number of para-hydroxylation sites is 1. The molecule has 0 fully saturated rings. The molecule has 0 spiro atoms. The Morgan fingerprint density at radius 1 is 0.938 bits per heavy atom. The maximum absolute atomic E-state index is 4.60. The summed E-state index contributed by atoms with van der Waals surface area (Å²) in [7, 11) is 0. The molecule has 0 atom stereocenters. The third-order valence-electron chi connectivity index (χ3n) is 3.06. The fraction of sp³-hybridized carbons (Fsp3) is 0. The molecule has 16 heavy (non-hydrogen) atoms. The molecule has 0 amide bonds. The first kappa shape index (κ1) is 7.99. The maximum Gasteiger partial charge on any atom is 0.0803 e. The molecule has 0 N–H and O–H groups in total. The molecule has 2 heterocycles. The predicted molar refractivity (Wildman–Crippen MR) is 61.6 cm³/mol. The number of rotatable bonds is 0. The van der Waals surface area contributed by atoms with Crippen LogP contribution in [0, 0.1) is 10.4 Å². The van der Waals surface area contributed by atoms with Gasteiger partial charge in [-0.2, -0.15) is 0 Å². The van der Waals surface area contributed by atoms with Crippen LogP contribution in [0.4, 0.5) is 5.69 Å². The quantitative estimate of drug-likeness (QED) is 0.534. The molecular weight excluding hydrogens is 196 g/mol. The van der Waals surface area contributed by atoms with Crippen LogP contribution in [0.2, 0.25) is 0 Å². The maximum atomic E-state index is 4.60. The first-order valence-electron chi connectivity index (χ1n) is 5.29.